The Hall–Kier alpha value is -0.610. The van der Waals surface area contributed by atoms with Crippen molar-refractivity contribution in [2.75, 3.05) is 19.6 Å². The Balaban J connectivity index is 2.21. The van der Waals surface area contributed by atoms with Gasteiger partial charge in [-0.1, -0.05) is 13.8 Å². The summed E-state index contributed by atoms with van der Waals surface area (Å²) >= 11 is 0. The van der Waals surface area contributed by atoms with Gasteiger partial charge in [0.05, 0.1) is 6.54 Å². The van der Waals surface area contributed by atoms with E-state index >= 15 is 0 Å². The lowest BCUT2D eigenvalue weighted by Crippen LogP contribution is -2.45. The maximum absolute atomic E-state index is 10.5. The number of likely N-dealkylation sites (tertiary alicyclic amines) is 1. The van der Waals surface area contributed by atoms with E-state index in [0.717, 1.165) is 25.9 Å². The third-order valence-corrected chi connectivity index (χ3v) is 2.52. The standard InChI is InChI=1S/C10H20N2O2/c1-8(2)11-9-3-5-12(6-4-9)7-10(13)14/h8-9,11H,3-7H2,1-2H3,(H,13,14). The normalized spacial score (nSPS) is 20.2. The number of hydrogen-bond acceptors (Lipinski definition) is 3. The van der Waals surface area contributed by atoms with E-state index in [0.29, 0.717) is 12.1 Å². The second-order valence-electron chi connectivity index (χ2n) is 4.27. The van der Waals surface area contributed by atoms with Crippen molar-refractivity contribution in [1.82, 2.24) is 10.2 Å². The molecule has 2 N–H and O–H groups in total. The van der Waals surface area contributed by atoms with E-state index in [4.69, 9.17) is 5.11 Å². The van der Waals surface area contributed by atoms with Crippen molar-refractivity contribution in [3.63, 3.8) is 0 Å². The fourth-order valence-corrected chi connectivity index (χ4v) is 1.92. The largest absolute Gasteiger partial charge is 0.480 e. The second kappa shape index (κ2) is 5.32. The first-order valence-corrected chi connectivity index (χ1v) is 5.28. The van der Waals surface area contributed by atoms with Crippen LogP contribution in [0.25, 0.3) is 0 Å². The van der Waals surface area contributed by atoms with Crippen molar-refractivity contribution in [3.05, 3.63) is 0 Å². The van der Waals surface area contributed by atoms with Gasteiger partial charge < -0.3 is 10.4 Å². The van der Waals surface area contributed by atoms with Crippen LogP contribution in [-0.4, -0.2) is 47.7 Å². The van der Waals surface area contributed by atoms with Gasteiger partial charge >= 0.3 is 5.97 Å². The van der Waals surface area contributed by atoms with Crippen molar-refractivity contribution in [2.24, 2.45) is 0 Å². The molecule has 0 aliphatic carbocycles. The topological polar surface area (TPSA) is 52.6 Å². The highest BCUT2D eigenvalue weighted by Crippen LogP contribution is 2.10. The first-order chi connectivity index (χ1) is 6.58. The summed E-state index contributed by atoms with van der Waals surface area (Å²) in [6.07, 6.45) is 2.12. The van der Waals surface area contributed by atoms with Crippen LogP contribution in [0.5, 0.6) is 0 Å². The number of carboxylic acids is 1. The van der Waals surface area contributed by atoms with Gasteiger partial charge in [-0.3, -0.25) is 9.69 Å². The molecule has 14 heavy (non-hydrogen) atoms. The quantitative estimate of drug-likeness (QED) is 0.695. The van der Waals surface area contributed by atoms with E-state index in [-0.39, 0.29) is 6.54 Å². The zero-order chi connectivity index (χ0) is 10.6. The van der Waals surface area contributed by atoms with Crippen LogP contribution in [0.3, 0.4) is 0 Å². The van der Waals surface area contributed by atoms with Gasteiger partial charge in [0.2, 0.25) is 0 Å². The van der Waals surface area contributed by atoms with Gasteiger partial charge in [0.25, 0.3) is 0 Å². The molecule has 82 valence electrons. The summed E-state index contributed by atoms with van der Waals surface area (Å²) in [5.74, 6) is -0.722. The summed E-state index contributed by atoms with van der Waals surface area (Å²) in [5, 5.41) is 12.1. The molecular weight excluding hydrogens is 180 g/mol. The Morgan fingerprint density at radius 3 is 2.50 bits per heavy atom. The lowest BCUT2D eigenvalue weighted by molar-refractivity contribution is -0.138. The number of hydrogen-bond donors (Lipinski definition) is 2. The fourth-order valence-electron chi connectivity index (χ4n) is 1.92. The molecule has 1 saturated heterocycles. The van der Waals surface area contributed by atoms with Crippen molar-refractivity contribution < 1.29 is 9.90 Å². The van der Waals surface area contributed by atoms with Crippen LogP contribution in [0.15, 0.2) is 0 Å². The maximum Gasteiger partial charge on any atom is 0.317 e. The predicted molar refractivity (Wildman–Crippen MR) is 55.4 cm³/mol. The Morgan fingerprint density at radius 2 is 2.07 bits per heavy atom. The van der Waals surface area contributed by atoms with Gasteiger partial charge in [-0.15, -0.1) is 0 Å². The summed E-state index contributed by atoms with van der Waals surface area (Å²) in [6, 6.07) is 1.09. The molecule has 0 unspecified atom stereocenters. The van der Waals surface area contributed by atoms with Crippen molar-refractivity contribution in [1.29, 1.82) is 0 Å². The molecule has 1 aliphatic rings. The summed E-state index contributed by atoms with van der Waals surface area (Å²) in [5.41, 5.74) is 0. The average Bonchev–Trinajstić information content (AvgIpc) is 2.06. The molecule has 0 bridgehead atoms. The number of nitrogens with one attached hydrogen (secondary N) is 1. The third kappa shape index (κ3) is 4.07. The highest BCUT2D eigenvalue weighted by Gasteiger charge is 2.20. The molecule has 0 aromatic carbocycles. The molecule has 1 fully saturated rings. The van der Waals surface area contributed by atoms with Crippen LogP contribution in [0.1, 0.15) is 26.7 Å². The molecule has 0 aromatic heterocycles. The summed E-state index contributed by atoms with van der Waals surface area (Å²) in [4.78, 5) is 12.5. The van der Waals surface area contributed by atoms with Crippen LogP contribution in [0.2, 0.25) is 0 Å². The lowest BCUT2D eigenvalue weighted by atomic mass is 10.0. The van der Waals surface area contributed by atoms with Crippen molar-refractivity contribution in [3.8, 4) is 0 Å². The number of nitrogens with zero attached hydrogens (tertiary/aromatic N) is 1. The Bertz CT molecular complexity index is 187. The number of piperidine rings is 1. The number of rotatable bonds is 4. The summed E-state index contributed by atoms with van der Waals surface area (Å²) in [6.45, 7) is 6.27. The predicted octanol–water partition coefficient (Wildman–Crippen LogP) is 0.533. The second-order valence-corrected chi connectivity index (χ2v) is 4.27. The SMILES string of the molecule is CC(C)NC1CCN(CC(=O)O)CC1. The van der Waals surface area contributed by atoms with Crippen molar-refractivity contribution in [2.45, 2.75) is 38.8 Å². The van der Waals surface area contributed by atoms with Gasteiger partial charge in [0.1, 0.15) is 0 Å². The molecule has 1 rings (SSSR count). The monoisotopic (exact) mass is 200 g/mol. The molecule has 0 saturated carbocycles. The summed E-state index contributed by atoms with van der Waals surface area (Å²) < 4.78 is 0. The Kier molecular flexibility index (Phi) is 4.35. The molecule has 0 radical (unpaired) electrons. The highest BCUT2D eigenvalue weighted by molar-refractivity contribution is 5.69. The highest BCUT2D eigenvalue weighted by atomic mass is 16.4. The van der Waals surface area contributed by atoms with E-state index in [1.807, 2.05) is 4.90 Å². The zero-order valence-electron chi connectivity index (χ0n) is 8.99. The zero-order valence-corrected chi connectivity index (χ0v) is 8.99. The van der Waals surface area contributed by atoms with Gasteiger partial charge in [-0.2, -0.15) is 0 Å². The van der Waals surface area contributed by atoms with E-state index in [9.17, 15) is 4.79 Å². The number of carboxylic acid groups (broad SMARTS) is 1. The van der Waals surface area contributed by atoms with Crippen LogP contribution >= 0.6 is 0 Å². The van der Waals surface area contributed by atoms with Crippen LogP contribution < -0.4 is 5.32 Å². The van der Waals surface area contributed by atoms with E-state index in [1.165, 1.54) is 0 Å². The Labute approximate surface area is 85.3 Å². The minimum Gasteiger partial charge on any atom is -0.480 e. The van der Waals surface area contributed by atoms with E-state index < -0.39 is 5.97 Å². The van der Waals surface area contributed by atoms with E-state index in [1.54, 1.807) is 0 Å². The average molecular weight is 200 g/mol. The van der Waals surface area contributed by atoms with Crippen molar-refractivity contribution >= 4 is 5.97 Å². The Morgan fingerprint density at radius 1 is 1.50 bits per heavy atom. The van der Waals surface area contributed by atoms with E-state index in [2.05, 4.69) is 19.2 Å². The number of aliphatic carboxylic acids is 1. The first-order valence-electron chi connectivity index (χ1n) is 5.28. The molecule has 4 heteroatoms. The molecule has 0 aromatic rings. The molecule has 0 amide bonds. The van der Waals surface area contributed by atoms with Gasteiger partial charge in [0.15, 0.2) is 0 Å². The summed E-state index contributed by atoms with van der Waals surface area (Å²) in [7, 11) is 0. The van der Waals surface area contributed by atoms with Gasteiger partial charge in [-0.25, -0.2) is 0 Å². The third-order valence-electron chi connectivity index (χ3n) is 2.52. The lowest BCUT2D eigenvalue weighted by Gasteiger charge is -2.32. The molecule has 1 aliphatic heterocycles. The molecule has 0 spiro atoms. The smallest absolute Gasteiger partial charge is 0.317 e. The maximum atomic E-state index is 10.5. The molecule has 4 nitrogen and oxygen atoms in total. The minimum atomic E-state index is -0.722. The minimum absolute atomic E-state index is 0.189. The molecular formula is C10H20N2O2. The first kappa shape index (κ1) is 11.5. The fraction of sp³-hybridized carbons (Fsp3) is 0.900. The molecule has 1 heterocycles. The van der Waals surface area contributed by atoms with Gasteiger partial charge in [0, 0.05) is 25.2 Å². The van der Waals surface area contributed by atoms with Crippen LogP contribution in [-0.2, 0) is 4.79 Å². The van der Waals surface area contributed by atoms with Crippen LogP contribution in [0, 0.1) is 0 Å². The molecule has 0 atom stereocenters. The van der Waals surface area contributed by atoms with Crippen LogP contribution in [0.4, 0.5) is 0 Å². The van der Waals surface area contributed by atoms with Gasteiger partial charge in [-0.05, 0) is 12.8 Å². The number of carbonyl (C=O) groups is 1.